The van der Waals surface area contributed by atoms with Gasteiger partial charge in [-0.2, -0.15) is 0 Å². The Kier molecular flexibility index (Phi) is 5.19. The summed E-state index contributed by atoms with van der Waals surface area (Å²) in [5.74, 6) is -1.60. The molecule has 1 amide bonds. The van der Waals surface area contributed by atoms with Crippen molar-refractivity contribution in [2.75, 3.05) is 5.32 Å². The first-order chi connectivity index (χ1) is 10.6. The molecule has 1 aromatic carbocycles. The number of nitrogens with one attached hydrogen (secondary N) is 1. The summed E-state index contributed by atoms with van der Waals surface area (Å²) < 4.78 is 0. The Labute approximate surface area is 128 Å². The molecule has 0 aliphatic rings. The summed E-state index contributed by atoms with van der Waals surface area (Å²) in [4.78, 5) is 30.1. The quantitative estimate of drug-likeness (QED) is 0.855. The lowest BCUT2D eigenvalue weighted by Gasteiger charge is -2.06. The molecule has 1 aromatic heterocycles. The van der Waals surface area contributed by atoms with E-state index < -0.39 is 11.9 Å². The summed E-state index contributed by atoms with van der Waals surface area (Å²) >= 11 is 0. The molecule has 0 saturated heterocycles. The number of anilines is 1. The van der Waals surface area contributed by atoms with Crippen molar-refractivity contribution in [1.29, 1.82) is 0 Å². The molecule has 0 radical (unpaired) electrons. The molecule has 0 saturated carbocycles. The van der Waals surface area contributed by atoms with Crippen LogP contribution >= 0.6 is 0 Å². The monoisotopic (exact) mass is 299 g/mol. The zero-order chi connectivity index (χ0) is 15.9. The Bertz CT molecular complexity index is 651. The number of hydrogen-bond acceptors (Lipinski definition) is 4. The Morgan fingerprint density at radius 3 is 2.27 bits per heavy atom. The third-order valence-corrected chi connectivity index (χ3v) is 3.13. The number of benzene rings is 1. The van der Waals surface area contributed by atoms with Crippen molar-refractivity contribution < 1.29 is 14.7 Å². The van der Waals surface area contributed by atoms with Crippen LogP contribution in [0.2, 0.25) is 0 Å². The van der Waals surface area contributed by atoms with Gasteiger partial charge in [-0.05, 0) is 30.5 Å². The maximum absolute atomic E-state index is 12.0. The maximum atomic E-state index is 12.0. The summed E-state index contributed by atoms with van der Waals surface area (Å²) in [7, 11) is 0. The van der Waals surface area contributed by atoms with E-state index in [1.807, 2.05) is 24.3 Å². The van der Waals surface area contributed by atoms with Gasteiger partial charge >= 0.3 is 5.97 Å². The van der Waals surface area contributed by atoms with Crippen LogP contribution in [0.4, 0.5) is 5.69 Å². The first kappa shape index (κ1) is 15.6. The van der Waals surface area contributed by atoms with E-state index in [1.54, 1.807) is 0 Å². The van der Waals surface area contributed by atoms with Crippen molar-refractivity contribution in [1.82, 2.24) is 9.97 Å². The third kappa shape index (κ3) is 4.12. The van der Waals surface area contributed by atoms with Crippen molar-refractivity contribution in [2.45, 2.75) is 26.2 Å². The zero-order valence-corrected chi connectivity index (χ0v) is 12.2. The lowest BCUT2D eigenvalue weighted by Crippen LogP contribution is -2.15. The smallest absolute Gasteiger partial charge is 0.356 e. The average Bonchev–Trinajstić information content (AvgIpc) is 2.54. The molecule has 2 N–H and O–H groups in total. The van der Waals surface area contributed by atoms with Crippen LogP contribution in [-0.2, 0) is 6.42 Å². The summed E-state index contributed by atoms with van der Waals surface area (Å²) in [5.41, 5.74) is 1.76. The number of aromatic carboxylic acids is 1. The van der Waals surface area contributed by atoms with E-state index in [2.05, 4.69) is 22.2 Å². The maximum Gasteiger partial charge on any atom is 0.356 e. The average molecular weight is 299 g/mol. The molecule has 6 nitrogen and oxygen atoms in total. The Balaban J connectivity index is 2.00. The van der Waals surface area contributed by atoms with Crippen molar-refractivity contribution >= 4 is 17.6 Å². The fourth-order valence-corrected chi connectivity index (χ4v) is 1.89. The van der Waals surface area contributed by atoms with E-state index in [-0.39, 0.29) is 11.4 Å². The number of carbonyl (C=O) groups is 2. The van der Waals surface area contributed by atoms with E-state index in [1.165, 1.54) is 5.56 Å². The normalized spacial score (nSPS) is 10.2. The van der Waals surface area contributed by atoms with E-state index in [9.17, 15) is 9.59 Å². The molecule has 0 aliphatic carbocycles. The van der Waals surface area contributed by atoms with Gasteiger partial charge in [0.05, 0.1) is 12.4 Å². The molecule has 0 bridgehead atoms. The SMILES string of the molecule is CCCCc1ccc(NC(=O)c2cnc(C(=O)O)cn2)cc1. The third-order valence-electron chi connectivity index (χ3n) is 3.13. The second-order valence-electron chi connectivity index (χ2n) is 4.85. The molecule has 114 valence electrons. The Hall–Kier alpha value is -2.76. The predicted octanol–water partition coefficient (Wildman–Crippen LogP) is 2.77. The van der Waals surface area contributed by atoms with Crippen molar-refractivity contribution in [3.8, 4) is 0 Å². The highest BCUT2D eigenvalue weighted by atomic mass is 16.4. The number of nitrogens with zero attached hydrogens (tertiary/aromatic N) is 2. The molecule has 2 rings (SSSR count). The van der Waals surface area contributed by atoms with E-state index in [0.29, 0.717) is 5.69 Å². The molecule has 0 atom stereocenters. The van der Waals surface area contributed by atoms with Crippen LogP contribution in [-0.4, -0.2) is 27.0 Å². The number of aromatic nitrogens is 2. The lowest BCUT2D eigenvalue weighted by atomic mass is 10.1. The van der Waals surface area contributed by atoms with E-state index >= 15 is 0 Å². The highest BCUT2D eigenvalue weighted by Gasteiger charge is 2.11. The number of amides is 1. The van der Waals surface area contributed by atoms with Crippen LogP contribution in [0, 0.1) is 0 Å². The molecule has 0 unspecified atom stereocenters. The molecule has 0 spiro atoms. The first-order valence-corrected chi connectivity index (χ1v) is 7.05. The highest BCUT2D eigenvalue weighted by molar-refractivity contribution is 6.02. The van der Waals surface area contributed by atoms with Gasteiger partial charge < -0.3 is 10.4 Å². The van der Waals surface area contributed by atoms with Crippen molar-refractivity contribution in [3.63, 3.8) is 0 Å². The van der Waals surface area contributed by atoms with Crippen LogP contribution in [0.3, 0.4) is 0 Å². The lowest BCUT2D eigenvalue weighted by molar-refractivity contribution is 0.0689. The standard InChI is InChI=1S/C16H17N3O3/c1-2-3-4-11-5-7-12(8-6-11)19-15(20)13-9-18-14(10-17-13)16(21)22/h5-10H,2-4H2,1H3,(H,19,20)(H,21,22). The predicted molar refractivity (Wildman–Crippen MR) is 82.0 cm³/mol. The minimum Gasteiger partial charge on any atom is -0.476 e. The molecule has 22 heavy (non-hydrogen) atoms. The molecule has 1 heterocycles. The fourth-order valence-electron chi connectivity index (χ4n) is 1.89. The topological polar surface area (TPSA) is 92.2 Å². The Morgan fingerprint density at radius 2 is 1.73 bits per heavy atom. The number of hydrogen-bond donors (Lipinski definition) is 2. The van der Waals surface area contributed by atoms with Crippen molar-refractivity contribution in [3.05, 3.63) is 53.6 Å². The van der Waals surface area contributed by atoms with Gasteiger partial charge in [-0.1, -0.05) is 25.5 Å². The van der Waals surface area contributed by atoms with Gasteiger partial charge in [0.15, 0.2) is 5.69 Å². The summed E-state index contributed by atoms with van der Waals surface area (Å²) in [5, 5.41) is 11.4. The van der Waals surface area contributed by atoms with Crippen LogP contribution in [0.1, 0.15) is 46.3 Å². The van der Waals surface area contributed by atoms with E-state index in [4.69, 9.17) is 5.11 Å². The second-order valence-corrected chi connectivity index (χ2v) is 4.85. The van der Waals surface area contributed by atoms with Gasteiger partial charge in [-0.3, -0.25) is 4.79 Å². The number of carboxylic acids is 1. The van der Waals surface area contributed by atoms with E-state index in [0.717, 1.165) is 31.7 Å². The summed E-state index contributed by atoms with van der Waals surface area (Å²) in [6, 6.07) is 7.62. The van der Waals surface area contributed by atoms with Gasteiger partial charge in [-0.25, -0.2) is 14.8 Å². The van der Waals surface area contributed by atoms with Gasteiger partial charge in [0.25, 0.3) is 5.91 Å². The zero-order valence-electron chi connectivity index (χ0n) is 12.2. The minimum absolute atomic E-state index is 0.0695. The Morgan fingerprint density at radius 1 is 1.09 bits per heavy atom. The van der Waals surface area contributed by atoms with Gasteiger partial charge in [-0.15, -0.1) is 0 Å². The fraction of sp³-hybridized carbons (Fsp3) is 0.250. The molecule has 0 fully saturated rings. The number of aryl methyl sites for hydroxylation is 1. The number of rotatable bonds is 6. The summed E-state index contributed by atoms with van der Waals surface area (Å²) in [6.07, 6.45) is 5.51. The van der Waals surface area contributed by atoms with Gasteiger partial charge in [0, 0.05) is 5.69 Å². The molecular weight excluding hydrogens is 282 g/mol. The van der Waals surface area contributed by atoms with Crippen LogP contribution in [0.25, 0.3) is 0 Å². The number of carboxylic acid groups (broad SMARTS) is 1. The van der Waals surface area contributed by atoms with Crippen LogP contribution in [0.5, 0.6) is 0 Å². The summed E-state index contributed by atoms with van der Waals surface area (Å²) in [6.45, 7) is 2.14. The second kappa shape index (κ2) is 7.31. The molecule has 6 heteroatoms. The first-order valence-electron chi connectivity index (χ1n) is 7.05. The largest absolute Gasteiger partial charge is 0.476 e. The molecule has 2 aromatic rings. The molecular formula is C16H17N3O3. The van der Waals surface area contributed by atoms with Crippen LogP contribution < -0.4 is 5.32 Å². The van der Waals surface area contributed by atoms with Crippen molar-refractivity contribution in [2.24, 2.45) is 0 Å². The number of unbranched alkanes of at least 4 members (excludes halogenated alkanes) is 1. The molecule has 0 aliphatic heterocycles. The van der Waals surface area contributed by atoms with Gasteiger partial charge in [0.1, 0.15) is 5.69 Å². The minimum atomic E-state index is -1.18. The number of carbonyl (C=O) groups excluding carboxylic acids is 1. The highest BCUT2D eigenvalue weighted by Crippen LogP contribution is 2.12. The van der Waals surface area contributed by atoms with Crippen LogP contribution in [0.15, 0.2) is 36.7 Å². The van der Waals surface area contributed by atoms with Gasteiger partial charge in [0.2, 0.25) is 0 Å².